The second kappa shape index (κ2) is 4.03. The topological polar surface area (TPSA) is 90.8 Å². The van der Waals surface area contributed by atoms with Gasteiger partial charge in [0.1, 0.15) is 17.1 Å². The number of aliphatic imine (C=N–C) groups is 2. The van der Waals surface area contributed by atoms with Gasteiger partial charge >= 0.3 is 0 Å². The summed E-state index contributed by atoms with van der Waals surface area (Å²) < 4.78 is 10.7. The second-order valence-corrected chi connectivity index (χ2v) is 4.82. The molecule has 1 aliphatic carbocycles. The van der Waals surface area contributed by atoms with Crippen LogP contribution in [0.5, 0.6) is 0 Å². The molecule has 0 amide bonds. The van der Waals surface area contributed by atoms with Crippen LogP contribution < -0.4 is 0 Å². The second-order valence-electron chi connectivity index (χ2n) is 4.82. The predicted molar refractivity (Wildman–Crippen MR) is 70.8 cm³/mol. The molecule has 2 aliphatic heterocycles. The van der Waals surface area contributed by atoms with E-state index in [1.54, 1.807) is 24.4 Å². The molecule has 0 saturated heterocycles. The lowest BCUT2D eigenvalue weighted by molar-refractivity contribution is -0.181. The van der Waals surface area contributed by atoms with E-state index in [1.165, 1.54) is 14.2 Å². The third kappa shape index (κ3) is 1.15. The third-order valence-corrected chi connectivity index (χ3v) is 4.21. The maximum atomic E-state index is 9.64. The fraction of sp³-hybridized carbons (Fsp3) is 0.429. The number of methoxy groups -OCH3 is 2. The van der Waals surface area contributed by atoms with Crippen LogP contribution in [0, 0.1) is 34.0 Å². The molecule has 6 nitrogen and oxygen atoms in total. The Hall–Kier alpha value is -2.44. The van der Waals surface area contributed by atoms with Gasteiger partial charge in [0.25, 0.3) is 0 Å². The average Bonchev–Trinajstić information content (AvgIpc) is 2.51. The van der Waals surface area contributed by atoms with Crippen LogP contribution in [0.2, 0.25) is 0 Å². The molecule has 4 atom stereocenters. The van der Waals surface area contributed by atoms with Crippen molar-refractivity contribution in [3.63, 3.8) is 0 Å². The molecule has 0 bridgehead atoms. The number of allylic oxidation sites excluding steroid dienone is 1. The molecule has 0 aromatic carbocycles. The van der Waals surface area contributed by atoms with Crippen LogP contribution in [0.25, 0.3) is 0 Å². The maximum absolute atomic E-state index is 9.64. The molecule has 3 rings (SSSR count). The highest BCUT2D eigenvalue weighted by Crippen LogP contribution is 2.62. The lowest BCUT2D eigenvalue weighted by atomic mass is 9.50. The van der Waals surface area contributed by atoms with Crippen molar-refractivity contribution in [1.82, 2.24) is 0 Å². The zero-order chi connectivity index (χ0) is 14.4. The summed E-state index contributed by atoms with van der Waals surface area (Å²) in [7, 11) is 2.98. The Morgan fingerprint density at radius 3 is 2.75 bits per heavy atom. The molecule has 100 valence electrons. The lowest BCUT2D eigenvalue weighted by Crippen LogP contribution is -2.72. The van der Waals surface area contributed by atoms with Crippen LogP contribution in [0.1, 0.15) is 0 Å². The van der Waals surface area contributed by atoms with E-state index < -0.39 is 11.1 Å². The summed E-state index contributed by atoms with van der Waals surface area (Å²) in [6.45, 7) is 0. The fourth-order valence-electron chi connectivity index (χ4n) is 3.27. The van der Waals surface area contributed by atoms with Crippen molar-refractivity contribution in [2.24, 2.45) is 21.3 Å². The highest BCUT2D eigenvalue weighted by atomic mass is 16.5. The van der Waals surface area contributed by atoms with Gasteiger partial charge in [-0.2, -0.15) is 10.5 Å². The van der Waals surface area contributed by atoms with Gasteiger partial charge in [-0.1, -0.05) is 12.2 Å². The van der Waals surface area contributed by atoms with Crippen molar-refractivity contribution in [3.8, 4) is 12.1 Å². The van der Waals surface area contributed by atoms with Crippen LogP contribution in [-0.2, 0) is 9.47 Å². The summed E-state index contributed by atoms with van der Waals surface area (Å²) in [5.41, 5.74) is -1.62. The van der Waals surface area contributed by atoms with E-state index in [-0.39, 0.29) is 17.9 Å². The van der Waals surface area contributed by atoms with Crippen LogP contribution in [0.4, 0.5) is 0 Å². The van der Waals surface area contributed by atoms with Gasteiger partial charge in [-0.3, -0.25) is 4.99 Å². The molecule has 6 heteroatoms. The minimum atomic E-state index is -1.01. The first-order valence-electron chi connectivity index (χ1n) is 6.12. The molecule has 1 saturated carbocycles. The standard InChI is InChI=1S/C14H12N4O2/c1-19-12-9(7-15)6-10-11(18-12)13(8-16)4-3-5-17-14(10,13)20-2/h3-6,10-11H,1-2H3/t10-,11+,13-,14+/m1/s1. The van der Waals surface area contributed by atoms with E-state index >= 15 is 0 Å². The van der Waals surface area contributed by atoms with E-state index in [0.717, 1.165) is 0 Å². The SMILES string of the molecule is COC1=N[C@H]2[C@@H](C=C1C#N)[C@@]1(OC)N=CC=C[C@@]21C#N. The molecule has 0 spiro atoms. The summed E-state index contributed by atoms with van der Waals surface area (Å²) >= 11 is 0. The van der Waals surface area contributed by atoms with Gasteiger partial charge in [-0.05, 0) is 6.08 Å². The van der Waals surface area contributed by atoms with Crippen LogP contribution in [0.15, 0.2) is 33.8 Å². The number of nitrogens with zero attached hydrogens (tertiary/aromatic N) is 4. The third-order valence-electron chi connectivity index (χ3n) is 4.21. The highest BCUT2D eigenvalue weighted by molar-refractivity contribution is 5.98. The Kier molecular flexibility index (Phi) is 2.53. The molecule has 3 aliphatic rings. The Morgan fingerprint density at radius 2 is 2.15 bits per heavy atom. The number of fused-ring (bicyclic) bond motifs is 4. The summed E-state index contributed by atoms with van der Waals surface area (Å²) in [6, 6.07) is 3.99. The Morgan fingerprint density at radius 1 is 1.35 bits per heavy atom. The first-order valence-corrected chi connectivity index (χ1v) is 6.12. The largest absolute Gasteiger partial charge is 0.480 e. The van der Waals surface area contributed by atoms with Crippen molar-refractivity contribution in [1.29, 1.82) is 10.5 Å². The van der Waals surface area contributed by atoms with Crippen LogP contribution in [0.3, 0.4) is 0 Å². The number of ether oxygens (including phenoxy) is 2. The predicted octanol–water partition coefficient (Wildman–Crippen LogP) is 0.987. The average molecular weight is 268 g/mol. The van der Waals surface area contributed by atoms with E-state index in [4.69, 9.17) is 14.7 Å². The van der Waals surface area contributed by atoms with Crippen molar-refractivity contribution in [3.05, 3.63) is 23.8 Å². The molecule has 0 aromatic heterocycles. The number of dihydropyridines is 2. The maximum Gasteiger partial charge on any atom is 0.226 e. The fourth-order valence-corrected chi connectivity index (χ4v) is 3.27. The molecule has 0 radical (unpaired) electrons. The first kappa shape index (κ1) is 12.6. The molecule has 2 heterocycles. The van der Waals surface area contributed by atoms with E-state index in [0.29, 0.717) is 5.57 Å². The zero-order valence-electron chi connectivity index (χ0n) is 11.1. The first-order chi connectivity index (χ1) is 9.69. The van der Waals surface area contributed by atoms with Crippen molar-refractivity contribution < 1.29 is 9.47 Å². The normalized spacial score (nSPS) is 40.2. The molecule has 0 aromatic rings. The summed E-state index contributed by atoms with van der Waals surface area (Å²) in [4.78, 5) is 8.79. The van der Waals surface area contributed by atoms with Gasteiger partial charge in [0.2, 0.25) is 5.90 Å². The summed E-state index contributed by atoms with van der Waals surface area (Å²) in [5.74, 6) is 0.0120. The van der Waals surface area contributed by atoms with Crippen molar-refractivity contribution in [2.45, 2.75) is 11.8 Å². The van der Waals surface area contributed by atoms with Gasteiger partial charge in [0.05, 0.1) is 25.1 Å². The molecule has 1 fully saturated rings. The molecule has 20 heavy (non-hydrogen) atoms. The number of hydrogen-bond acceptors (Lipinski definition) is 6. The number of nitriles is 2. The number of rotatable bonds is 1. The lowest BCUT2D eigenvalue weighted by Gasteiger charge is -2.60. The van der Waals surface area contributed by atoms with E-state index in [2.05, 4.69) is 22.1 Å². The van der Waals surface area contributed by atoms with Crippen LogP contribution in [-0.4, -0.2) is 38.1 Å². The zero-order valence-corrected chi connectivity index (χ0v) is 11.1. The van der Waals surface area contributed by atoms with Crippen LogP contribution >= 0.6 is 0 Å². The quantitative estimate of drug-likeness (QED) is 0.709. The van der Waals surface area contributed by atoms with Gasteiger partial charge in [-0.25, -0.2) is 4.99 Å². The molecule has 0 N–H and O–H groups in total. The van der Waals surface area contributed by atoms with Gasteiger partial charge in [-0.15, -0.1) is 0 Å². The van der Waals surface area contributed by atoms with Gasteiger partial charge in [0.15, 0.2) is 5.72 Å². The Labute approximate surface area is 116 Å². The minimum Gasteiger partial charge on any atom is -0.480 e. The smallest absolute Gasteiger partial charge is 0.226 e. The highest BCUT2D eigenvalue weighted by Gasteiger charge is 2.74. The Balaban J connectivity index is 2.15. The minimum absolute atomic E-state index is 0.248. The number of hydrogen-bond donors (Lipinski definition) is 0. The van der Waals surface area contributed by atoms with Gasteiger partial charge in [0, 0.05) is 13.3 Å². The van der Waals surface area contributed by atoms with E-state index in [9.17, 15) is 5.26 Å². The Bertz CT molecular complexity index is 664. The van der Waals surface area contributed by atoms with E-state index in [1.807, 2.05) is 0 Å². The summed E-state index contributed by atoms with van der Waals surface area (Å²) in [6.07, 6.45) is 6.85. The van der Waals surface area contributed by atoms with Crippen molar-refractivity contribution in [2.75, 3.05) is 14.2 Å². The molecular weight excluding hydrogens is 256 g/mol. The van der Waals surface area contributed by atoms with Gasteiger partial charge < -0.3 is 9.47 Å². The monoisotopic (exact) mass is 268 g/mol. The molecular formula is C14H12N4O2. The molecule has 0 unspecified atom stereocenters. The van der Waals surface area contributed by atoms with Crippen molar-refractivity contribution >= 4 is 12.1 Å². The summed E-state index contributed by atoms with van der Waals surface area (Å²) in [5, 5.41) is 18.8.